The largest absolute Gasteiger partial charge is 0.379 e. The van der Waals surface area contributed by atoms with E-state index in [-0.39, 0.29) is 23.7 Å². The molecule has 0 aromatic heterocycles. The highest BCUT2D eigenvalue weighted by molar-refractivity contribution is 14.1. The van der Waals surface area contributed by atoms with Crippen LogP contribution in [0, 0.1) is 20.2 Å². The summed E-state index contributed by atoms with van der Waals surface area (Å²) in [6.07, 6.45) is 4.91. The van der Waals surface area contributed by atoms with Crippen LogP contribution in [-0.4, -0.2) is 113 Å². The molecule has 0 radical (unpaired) electrons. The number of unbranched alkanes of at least 4 members (excludes halogenated alkanes) is 3. The standard InChI is InChI=1S/C26H44IN3O11/c27-7-3-1-2-4-9-35-11-13-37-15-17-39-19-21-41-22-20-40-18-16-38-14-12-36-10-8-28-25-6-5-24(29(31)32)23-26(25)30(33)34/h5-6,23,28H,1-4,7-22H2. The molecule has 15 heteroatoms. The highest BCUT2D eigenvalue weighted by atomic mass is 127. The van der Waals surface area contributed by atoms with Crippen LogP contribution in [-0.2, 0) is 33.2 Å². The van der Waals surface area contributed by atoms with Crippen LogP contribution in [0.1, 0.15) is 25.7 Å². The van der Waals surface area contributed by atoms with Crippen molar-refractivity contribution in [2.45, 2.75) is 25.7 Å². The van der Waals surface area contributed by atoms with Crippen molar-refractivity contribution in [1.29, 1.82) is 0 Å². The third kappa shape index (κ3) is 21.6. The third-order valence-electron chi connectivity index (χ3n) is 5.36. The molecule has 0 fully saturated rings. The van der Waals surface area contributed by atoms with Gasteiger partial charge < -0.3 is 38.5 Å². The van der Waals surface area contributed by atoms with Crippen molar-refractivity contribution in [2.75, 3.05) is 109 Å². The number of nitrogens with one attached hydrogen (secondary N) is 1. The van der Waals surface area contributed by atoms with E-state index >= 15 is 0 Å². The van der Waals surface area contributed by atoms with E-state index in [1.165, 1.54) is 35.8 Å². The molecule has 0 aliphatic carbocycles. The summed E-state index contributed by atoms with van der Waals surface area (Å²) in [7, 11) is 0. The van der Waals surface area contributed by atoms with Crippen molar-refractivity contribution < 1.29 is 43.0 Å². The molecule has 0 bridgehead atoms. The van der Waals surface area contributed by atoms with E-state index in [1.54, 1.807) is 0 Å². The number of nitro benzene ring substituents is 2. The zero-order valence-electron chi connectivity index (χ0n) is 23.6. The Morgan fingerprint density at radius 1 is 0.585 bits per heavy atom. The van der Waals surface area contributed by atoms with Crippen molar-refractivity contribution in [2.24, 2.45) is 0 Å². The Kier molecular flexibility index (Phi) is 24.7. The van der Waals surface area contributed by atoms with E-state index in [0.29, 0.717) is 85.8 Å². The maximum atomic E-state index is 11.1. The van der Waals surface area contributed by atoms with Crippen LogP contribution in [0.25, 0.3) is 0 Å². The Bertz CT molecular complexity index is 808. The van der Waals surface area contributed by atoms with Crippen LogP contribution in [0.5, 0.6) is 0 Å². The van der Waals surface area contributed by atoms with Crippen LogP contribution in [0.4, 0.5) is 17.1 Å². The Labute approximate surface area is 255 Å². The van der Waals surface area contributed by atoms with Gasteiger partial charge in [-0.1, -0.05) is 35.4 Å². The molecule has 0 saturated carbocycles. The molecule has 0 heterocycles. The molecular formula is C26H44IN3O11. The SMILES string of the molecule is O=[N+]([O-])c1ccc(NCCOCCOCCOCCOCCOCCOCCOCCCCCCI)c([N+](=O)[O-])c1. The lowest BCUT2D eigenvalue weighted by Gasteiger charge is -2.09. The number of non-ortho nitro benzene ring substituents is 1. The number of ether oxygens (including phenoxy) is 7. The number of benzene rings is 1. The van der Waals surface area contributed by atoms with E-state index in [4.69, 9.17) is 33.2 Å². The zero-order valence-corrected chi connectivity index (χ0v) is 25.8. The molecule has 1 rings (SSSR count). The molecule has 0 saturated heterocycles. The molecule has 0 unspecified atom stereocenters. The summed E-state index contributed by atoms with van der Waals surface area (Å²) in [4.78, 5) is 20.6. The van der Waals surface area contributed by atoms with E-state index in [2.05, 4.69) is 27.9 Å². The minimum Gasteiger partial charge on any atom is -0.379 e. The van der Waals surface area contributed by atoms with Gasteiger partial charge in [0.1, 0.15) is 5.69 Å². The fourth-order valence-electron chi connectivity index (χ4n) is 3.27. The van der Waals surface area contributed by atoms with Crippen LogP contribution < -0.4 is 5.32 Å². The highest BCUT2D eigenvalue weighted by Gasteiger charge is 2.19. The fourth-order valence-corrected chi connectivity index (χ4v) is 3.81. The van der Waals surface area contributed by atoms with Crippen LogP contribution >= 0.6 is 22.6 Å². The van der Waals surface area contributed by atoms with Gasteiger partial charge in [-0.25, -0.2) is 0 Å². The average Bonchev–Trinajstić information content (AvgIpc) is 2.96. The second kappa shape index (κ2) is 27.1. The molecule has 236 valence electrons. The molecule has 1 aromatic carbocycles. The van der Waals surface area contributed by atoms with Gasteiger partial charge in [0.2, 0.25) is 0 Å². The lowest BCUT2D eigenvalue weighted by atomic mass is 10.2. The summed E-state index contributed by atoms with van der Waals surface area (Å²) in [5, 5.41) is 24.7. The first-order valence-electron chi connectivity index (χ1n) is 13.8. The Balaban J connectivity index is 1.79. The lowest BCUT2D eigenvalue weighted by Crippen LogP contribution is -2.15. The molecule has 0 aliphatic heterocycles. The minimum absolute atomic E-state index is 0.194. The predicted octanol–water partition coefficient (Wildman–Crippen LogP) is 4.03. The summed E-state index contributed by atoms with van der Waals surface area (Å²) in [5.74, 6) is 0. The summed E-state index contributed by atoms with van der Waals surface area (Å²) >= 11 is 2.41. The van der Waals surface area contributed by atoms with Crippen LogP contribution in [0.15, 0.2) is 18.2 Å². The van der Waals surface area contributed by atoms with Gasteiger partial charge in [-0.05, 0) is 23.3 Å². The number of anilines is 1. The van der Waals surface area contributed by atoms with Gasteiger partial charge >= 0.3 is 0 Å². The van der Waals surface area contributed by atoms with Crippen molar-refractivity contribution in [3.8, 4) is 0 Å². The molecule has 1 N–H and O–H groups in total. The summed E-state index contributed by atoms with van der Waals surface area (Å²) in [6.45, 7) is 7.17. The maximum Gasteiger partial charge on any atom is 0.299 e. The molecule has 1 aromatic rings. The van der Waals surface area contributed by atoms with Crippen molar-refractivity contribution in [3.05, 3.63) is 38.4 Å². The molecule has 41 heavy (non-hydrogen) atoms. The first-order valence-corrected chi connectivity index (χ1v) is 15.4. The van der Waals surface area contributed by atoms with Crippen LogP contribution in [0.3, 0.4) is 0 Å². The lowest BCUT2D eigenvalue weighted by molar-refractivity contribution is -0.393. The number of nitrogens with zero attached hydrogens (tertiary/aromatic N) is 2. The van der Waals surface area contributed by atoms with Gasteiger partial charge in [0.15, 0.2) is 0 Å². The van der Waals surface area contributed by atoms with Gasteiger partial charge in [0.25, 0.3) is 11.4 Å². The molecule has 0 amide bonds. The van der Waals surface area contributed by atoms with E-state index in [9.17, 15) is 20.2 Å². The van der Waals surface area contributed by atoms with Gasteiger partial charge in [0, 0.05) is 19.2 Å². The van der Waals surface area contributed by atoms with E-state index in [0.717, 1.165) is 19.1 Å². The van der Waals surface area contributed by atoms with Gasteiger partial charge in [0.05, 0.1) is 102 Å². The monoisotopic (exact) mass is 701 g/mol. The fraction of sp³-hybridized carbons (Fsp3) is 0.769. The molecule has 0 spiro atoms. The van der Waals surface area contributed by atoms with Gasteiger partial charge in [-0.3, -0.25) is 20.2 Å². The van der Waals surface area contributed by atoms with Crippen molar-refractivity contribution in [1.82, 2.24) is 0 Å². The second-order valence-electron chi connectivity index (χ2n) is 8.53. The molecule has 14 nitrogen and oxygen atoms in total. The quantitative estimate of drug-likeness (QED) is 0.0404. The van der Waals surface area contributed by atoms with E-state index in [1.807, 2.05) is 0 Å². The minimum atomic E-state index is -0.677. The number of halogens is 1. The van der Waals surface area contributed by atoms with Gasteiger partial charge in [-0.2, -0.15) is 0 Å². The number of hydrogen-bond donors (Lipinski definition) is 1. The summed E-state index contributed by atoms with van der Waals surface area (Å²) in [6, 6.07) is 3.44. The molecule has 0 atom stereocenters. The summed E-state index contributed by atoms with van der Waals surface area (Å²) < 4.78 is 39.4. The smallest absolute Gasteiger partial charge is 0.299 e. The summed E-state index contributed by atoms with van der Waals surface area (Å²) in [5.41, 5.74) is -0.504. The average molecular weight is 702 g/mol. The Hall–Kier alpha value is -1.73. The first kappa shape index (κ1) is 37.3. The Morgan fingerprint density at radius 3 is 1.46 bits per heavy atom. The van der Waals surface area contributed by atoms with Crippen molar-refractivity contribution >= 4 is 39.7 Å². The van der Waals surface area contributed by atoms with E-state index < -0.39 is 9.85 Å². The van der Waals surface area contributed by atoms with Gasteiger partial charge in [-0.15, -0.1) is 0 Å². The molecular weight excluding hydrogens is 657 g/mol. The van der Waals surface area contributed by atoms with Crippen molar-refractivity contribution in [3.63, 3.8) is 0 Å². The molecule has 0 aliphatic rings. The predicted molar refractivity (Wildman–Crippen MR) is 161 cm³/mol. The second-order valence-corrected chi connectivity index (χ2v) is 9.61. The van der Waals surface area contributed by atoms with Crippen LogP contribution in [0.2, 0.25) is 0 Å². The number of hydrogen-bond acceptors (Lipinski definition) is 12. The number of alkyl halides is 1. The topological polar surface area (TPSA) is 163 Å². The maximum absolute atomic E-state index is 11.1. The highest BCUT2D eigenvalue weighted by Crippen LogP contribution is 2.28. The third-order valence-corrected chi connectivity index (χ3v) is 6.12. The Morgan fingerprint density at radius 2 is 1.02 bits per heavy atom. The first-order chi connectivity index (χ1) is 20.1. The zero-order chi connectivity index (χ0) is 29.8. The number of nitro groups is 2. The number of rotatable bonds is 30. The normalized spacial score (nSPS) is 11.1.